The molecule has 2 heterocycles. The quantitative estimate of drug-likeness (QED) is 0.761. The van der Waals surface area contributed by atoms with Gasteiger partial charge in [-0.3, -0.25) is 9.59 Å². The van der Waals surface area contributed by atoms with Crippen molar-refractivity contribution in [1.82, 2.24) is 9.80 Å². The Hall–Kier alpha value is -2.22. The van der Waals surface area contributed by atoms with Gasteiger partial charge in [-0.25, -0.2) is 0 Å². The predicted octanol–water partition coefficient (Wildman–Crippen LogP) is 3.29. The number of carbonyl (C=O) groups excluding carboxylic acids is 2. The van der Waals surface area contributed by atoms with E-state index in [1.807, 2.05) is 18.2 Å². The van der Waals surface area contributed by atoms with E-state index in [4.69, 9.17) is 11.6 Å². The summed E-state index contributed by atoms with van der Waals surface area (Å²) in [5.41, 5.74) is 2.40. The van der Waals surface area contributed by atoms with E-state index in [1.165, 1.54) is 4.90 Å². The molecule has 2 aromatic carbocycles. The van der Waals surface area contributed by atoms with Crippen molar-refractivity contribution in [2.24, 2.45) is 0 Å². The van der Waals surface area contributed by atoms with Gasteiger partial charge >= 0.3 is 0 Å². The van der Waals surface area contributed by atoms with Crippen molar-refractivity contribution in [3.63, 3.8) is 0 Å². The minimum absolute atomic E-state index is 0.0901. The van der Waals surface area contributed by atoms with Crippen LogP contribution in [0.15, 0.2) is 41.3 Å². The van der Waals surface area contributed by atoms with Crippen LogP contribution < -0.4 is 5.32 Å². The first-order valence-electron chi connectivity index (χ1n) is 10.1. The van der Waals surface area contributed by atoms with Crippen molar-refractivity contribution in [3.05, 3.63) is 47.0 Å². The third-order valence-corrected chi connectivity index (χ3v) is 7.24. The Labute approximate surface area is 184 Å². The molecule has 2 fully saturated rings. The molecule has 1 saturated heterocycles. The summed E-state index contributed by atoms with van der Waals surface area (Å²) in [6.07, 6.45) is 1.07. The van der Waals surface area contributed by atoms with E-state index in [9.17, 15) is 14.7 Å². The average molecular weight is 444 g/mol. The fourth-order valence-corrected chi connectivity index (χ4v) is 5.08. The van der Waals surface area contributed by atoms with Gasteiger partial charge in [0, 0.05) is 52.9 Å². The Bertz CT molecular complexity index is 1030. The lowest BCUT2D eigenvalue weighted by atomic mass is 10.0. The van der Waals surface area contributed by atoms with Crippen LogP contribution in [0.5, 0.6) is 0 Å². The van der Waals surface area contributed by atoms with Crippen molar-refractivity contribution in [1.29, 1.82) is 0 Å². The Morgan fingerprint density at radius 3 is 2.47 bits per heavy atom. The van der Waals surface area contributed by atoms with Crippen molar-refractivity contribution in [3.8, 4) is 11.1 Å². The molecule has 1 aliphatic carbocycles. The zero-order valence-electron chi connectivity index (χ0n) is 16.4. The van der Waals surface area contributed by atoms with E-state index in [2.05, 4.69) is 17.4 Å². The fraction of sp³-hybridized carbons (Fsp3) is 0.364. The number of amides is 2. The summed E-state index contributed by atoms with van der Waals surface area (Å²) in [7, 11) is 0. The second-order valence-electron chi connectivity index (χ2n) is 7.99. The normalized spacial score (nSPS) is 19.3. The molecule has 5 rings (SSSR count). The van der Waals surface area contributed by atoms with Crippen molar-refractivity contribution < 1.29 is 14.7 Å². The van der Waals surface area contributed by atoms with Gasteiger partial charge in [-0.1, -0.05) is 23.7 Å². The van der Waals surface area contributed by atoms with Crippen LogP contribution in [0.1, 0.15) is 23.2 Å². The average Bonchev–Trinajstić information content (AvgIpc) is 3.34. The zero-order chi connectivity index (χ0) is 20.9. The highest BCUT2D eigenvalue weighted by Gasteiger charge is 2.50. The maximum atomic E-state index is 12.9. The molecule has 0 aromatic heterocycles. The summed E-state index contributed by atoms with van der Waals surface area (Å²) in [5.74, 6) is 0.579. The van der Waals surface area contributed by atoms with Gasteiger partial charge in [0.1, 0.15) is 5.60 Å². The maximum absolute atomic E-state index is 12.9. The minimum atomic E-state index is -1.15. The number of benzene rings is 2. The van der Waals surface area contributed by atoms with E-state index in [0.29, 0.717) is 49.6 Å². The molecule has 156 valence electrons. The molecule has 8 heteroatoms. The number of halogens is 1. The van der Waals surface area contributed by atoms with Crippen LogP contribution in [-0.2, 0) is 4.79 Å². The fourth-order valence-electron chi connectivity index (χ4n) is 3.96. The molecule has 1 saturated carbocycles. The smallest absolute Gasteiger partial charge is 0.254 e. The maximum Gasteiger partial charge on any atom is 0.254 e. The van der Waals surface area contributed by atoms with Gasteiger partial charge < -0.3 is 20.2 Å². The first kappa shape index (κ1) is 19.7. The lowest BCUT2D eigenvalue weighted by Gasteiger charge is -2.35. The van der Waals surface area contributed by atoms with E-state index < -0.39 is 5.60 Å². The van der Waals surface area contributed by atoms with Crippen molar-refractivity contribution >= 4 is 40.9 Å². The third-order valence-electron chi connectivity index (χ3n) is 5.97. The number of anilines is 1. The third kappa shape index (κ3) is 3.55. The van der Waals surface area contributed by atoms with Crippen molar-refractivity contribution in [2.75, 3.05) is 37.4 Å². The number of hydrogen-bond donors (Lipinski definition) is 2. The topological polar surface area (TPSA) is 72.9 Å². The number of fused-ring (bicyclic) bond motifs is 1. The number of carbonyl (C=O) groups is 2. The molecule has 0 bridgehead atoms. The van der Waals surface area contributed by atoms with Crippen LogP contribution in [0.3, 0.4) is 0 Å². The number of hydrogen-bond acceptors (Lipinski definition) is 5. The van der Waals surface area contributed by atoms with Gasteiger partial charge in [-0.15, -0.1) is 11.8 Å². The molecule has 2 aromatic rings. The standard InChI is InChI=1S/C22H22ClN3O3S/c23-17-11-15(1-3-16(17)14-2-4-19-18(12-14)24-13-30-19)20(27)25-7-9-26(10-8-25)21(28)22(29)5-6-22/h1-4,11-12,24,29H,5-10,13H2. The summed E-state index contributed by atoms with van der Waals surface area (Å²) in [6, 6.07) is 11.6. The van der Waals surface area contributed by atoms with Gasteiger partial charge in [0.15, 0.2) is 0 Å². The van der Waals surface area contributed by atoms with Crippen LogP contribution in [0.25, 0.3) is 11.1 Å². The summed E-state index contributed by atoms with van der Waals surface area (Å²) in [6.45, 7) is 1.79. The minimum Gasteiger partial charge on any atom is -0.380 e. The first-order valence-corrected chi connectivity index (χ1v) is 11.4. The van der Waals surface area contributed by atoms with E-state index >= 15 is 0 Å². The number of piperazine rings is 1. The molecule has 2 amide bonds. The Morgan fingerprint density at radius 1 is 1.03 bits per heavy atom. The van der Waals surface area contributed by atoms with Crippen molar-refractivity contribution in [2.45, 2.75) is 23.3 Å². The van der Waals surface area contributed by atoms with Crippen LogP contribution >= 0.6 is 23.4 Å². The molecule has 3 aliphatic rings. The summed E-state index contributed by atoms with van der Waals surface area (Å²) in [5, 5.41) is 13.9. The molecule has 30 heavy (non-hydrogen) atoms. The van der Waals surface area contributed by atoms with Gasteiger partial charge in [0.05, 0.1) is 5.88 Å². The molecule has 0 spiro atoms. The zero-order valence-corrected chi connectivity index (χ0v) is 17.9. The van der Waals surface area contributed by atoms with E-state index in [1.54, 1.807) is 27.6 Å². The van der Waals surface area contributed by atoms with E-state index in [-0.39, 0.29) is 11.8 Å². The van der Waals surface area contributed by atoms with Crippen LogP contribution in [0.4, 0.5) is 5.69 Å². The number of nitrogens with one attached hydrogen (secondary N) is 1. The molecular formula is C22H22ClN3O3S. The SMILES string of the molecule is O=C(c1ccc(-c2ccc3c(c2)NCS3)c(Cl)c1)N1CCN(C(=O)C2(O)CC2)CC1. The molecule has 0 unspecified atom stereocenters. The lowest BCUT2D eigenvalue weighted by Crippen LogP contribution is -2.53. The van der Waals surface area contributed by atoms with E-state index in [0.717, 1.165) is 22.7 Å². The highest BCUT2D eigenvalue weighted by molar-refractivity contribution is 7.99. The molecular weight excluding hydrogens is 422 g/mol. The monoisotopic (exact) mass is 443 g/mol. The highest BCUT2D eigenvalue weighted by Crippen LogP contribution is 2.39. The second-order valence-corrected chi connectivity index (χ2v) is 9.41. The largest absolute Gasteiger partial charge is 0.380 e. The first-order chi connectivity index (χ1) is 14.4. The molecule has 0 radical (unpaired) electrons. The molecule has 2 N–H and O–H groups in total. The molecule has 0 atom stereocenters. The van der Waals surface area contributed by atoms with Gasteiger partial charge in [-0.05, 0) is 42.7 Å². The number of rotatable bonds is 3. The van der Waals surface area contributed by atoms with Gasteiger partial charge in [0.25, 0.3) is 11.8 Å². The number of aliphatic hydroxyl groups is 1. The Balaban J connectivity index is 1.28. The lowest BCUT2D eigenvalue weighted by molar-refractivity contribution is -0.143. The van der Waals surface area contributed by atoms with Crippen LogP contribution in [0, 0.1) is 0 Å². The van der Waals surface area contributed by atoms with Crippen LogP contribution in [0.2, 0.25) is 5.02 Å². The summed E-state index contributed by atoms with van der Waals surface area (Å²) in [4.78, 5) is 29.8. The molecule has 2 aliphatic heterocycles. The number of thioether (sulfide) groups is 1. The molecule has 6 nitrogen and oxygen atoms in total. The highest BCUT2D eigenvalue weighted by atomic mass is 35.5. The second kappa shape index (κ2) is 7.48. The predicted molar refractivity (Wildman–Crippen MR) is 118 cm³/mol. The van der Waals surface area contributed by atoms with Gasteiger partial charge in [0.2, 0.25) is 0 Å². The van der Waals surface area contributed by atoms with Gasteiger partial charge in [-0.2, -0.15) is 0 Å². The summed E-state index contributed by atoms with van der Waals surface area (Å²) < 4.78 is 0. The summed E-state index contributed by atoms with van der Waals surface area (Å²) >= 11 is 8.31. The Kier molecular flexibility index (Phi) is 4.92. The number of nitrogens with zero attached hydrogens (tertiary/aromatic N) is 2. The van der Waals surface area contributed by atoms with Crippen LogP contribution in [-0.4, -0.2) is 64.4 Å². The Morgan fingerprint density at radius 2 is 1.77 bits per heavy atom.